The van der Waals surface area contributed by atoms with Crippen LogP contribution in [0.2, 0.25) is 5.15 Å². The van der Waals surface area contributed by atoms with E-state index in [0.29, 0.717) is 5.15 Å². The fourth-order valence-electron chi connectivity index (χ4n) is 3.52. The van der Waals surface area contributed by atoms with Gasteiger partial charge >= 0.3 is 0 Å². The van der Waals surface area contributed by atoms with Crippen LogP contribution in [0.1, 0.15) is 43.4 Å². The molecule has 0 N–H and O–H groups in total. The monoisotopic (exact) mass is 396 g/mol. The van der Waals surface area contributed by atoms with Crippen molar-refractivity contribution in [1.82, 2.24) is 19.9 Å². The van der Waals surface area contributed by atoms with Gasteiger partial charge in [0.1, 0.15) is 16.7 Å². The predicted octanol–water partition coefficient (Wildman–Crippen LogP) is 4.54. The minimum atomic E-state index is -0.0302. The average molecular weight is 397 g/mol. The summed E-state index contributed by atoms with van der Waals surface area (Å²) in [4.78, 5) is 16.3. The summed E-state index contributed by atoms with van der Waals surface area (Å²) in [6.45, 7) is 8.96. The van der Waals surface area contributed by atoms with Crippen molar-refractivity contribution in [2.75, 3.05) is 13.7 Å². The number of aromatic nitrogens is 3. The van der Waals surface area contributed by atoms with Crippen molar-refractivity contribution in [3.63, 3.8) is 0 Å². The zero-order chi connectivity index (χ0) is 19.9. The van der Waals surface area contributed by atoms with Gasteiger partial charge in [0.15, 0.2) is 0 Å². The quantitative estimate of drug-likeness (QED) is 0.608. The van der Waals surface area contributed by atoms with Crippen LogP contribution in [-0.4, -0.2) is 33.5 Å². The maximum atomic E-state index is 6.47. The van der Waals surface area contributed by atoms with Crippen molar-refractivity contribution in [3.8, 4) is 5.75 Å². The number of hydrogen-bond acceptors (Lipinski definition) is 5. The fraction of sp³-hybridized carbons (Fsp3) is 0.409. The number of benzene rings is 1. The fourth-order valence-corrected chi connectivity index (χ4v) is 3.73. The maximum absolute atomic E-state index is 6.47. The largest absolute Gasteiger partial charge is 0.497 e. The van der Waals surface area contributed by atoms with E-state index < -0.39 is 0 Å². The van der Waals surface area contributed by atoms with Gasteiger partial charge in [-0.2, -0.15) is 0 Å². The highest BCUT2D eigenvalue weighted by molar-refractivity contribution is 6.30. The molecule has 1 aliphatic heterocycles. The first kappa shape index (κ1) is 19.1. The molecular weight excluding hydrogens is 372 g/mol. The van der Waals surface area contributed by atoms with Crippen molar-refractivity contribution in [2.24, 2.45) is 0 Å². The summed E-state index contributed by atoms with van der Waals surface area (Å²) in [5.74, 6) is 1.73. The van der Waals surface area contributed by atoms with Gasteiger partial charge in [0, 0.05) is 59.9 Å². The molecule has 0 amide bonds. The molecule has 0 aliphatic carbocycles. The summed E-state index contributed by atoms with van der Waals surface area (Å²) < 4.78 is 5.33. The van der Waals surface area contributed by atoms with Crippen molar-refractivity contribution in [3.05, 3.63) is 58.3 Å². The van der Waals surface area contributed by atoms with Crippen molar-refractivity contribution >= 4 is 22.5 Å². The Hall–Kier alpha value is -2.24. The van der Waals surface area contributed by atoms with E-state index in [1.54, 1.807) is 7.11 Å². The van der Waals surface area contributed by atoms with Crippen molar-refractivity contribution in [2.45, 2.75) is 45.7 Å². The Bertz CT molecular complexity index is 1030. The second-order valence-electron chi connectivity index (χ2n) is 8.37. The van der Waals surface area contributed by atoms with Gasteiger partial charge < -0.3 is 4.74 Å². The summed E-state index contributed by atoms with van der Waals surface area (Å²) in [6.07, 6.45) is 2.91. The highest BCUT2D eigenvalue weighted by Crippen LogP contribution is 2.27. The molecule has 0 unspecified atom stereocenters. The number of nitrogens with zero attached hydrogens (tertiary/aromatic N) is 4. The van der Waals surface area contributed by atoms with Crippen LogP contribution in [0.5, 0.6) is 5.75 Å². The van der Waals surface area contributed by atoms with Crippen LogP contribution in [0.25, 0.3) is 10.9 Å². The number of ether oxygens (including phenoxy) is 1. The number of fused-ring (bicyclic) bond motifs is 2. The molecule has 0 saturated heterocycles. The number of halogens is 1. The third-order valence-corrected chi connectivity index (χ3v) is 5.45. The molecule has 0 radical (unpaired) electrons. The van der Waals surface area contributed by atoms with Gasteiger partial charge in [-0.05, 0) is 24.3 Å². The van der Waals surface area contributed by atoms with Gasteiger partial charge in [-0.15, -0.1) is 0 Å². The van der Waals surface area contributed by atoms with Gasteiger partial charge in [-0.1, -0.05) is 32.4 Å². The van der Waals surface area contributed by atoms with Crippen LogP contribution >= 0.6 is 11.6 Å². The van der Waals surface area contributed by atoms with Crippen LogP contribution in [0.15, 0.2) is 30.5 Å². The van der Waals surface area contributed by atoms with Gasteiger partial charge in [0.25, 0.3) is 0 Å². The molecule has 3 heterocycles. The summed E-state index contributed by atoms with van der Waals surface area (Å²) >= 11 is 6.47. The molecule has 1 aromatic carbocycles. The lowest BCUT2D eigenvalue weighted by atomic mass is 9.95. The molecule has 146 valence electrons. The van der Waals surface area contributed by atoms with Crippen LogP contribution < -0.4 is 4.74 Å². The van der Waals surface area contributed by atoms with Crippen LogP contribution in [0, 0.1) is 0 Å². The van der Waals surface area contributed by atoms with Crippen molar-refractivity contribution in [1.29, 1.82) is 0 Å². The first-order valence-electron chi connectivity index (χ1n) is 9.54. The van der Waals surface area contributed by atoms with E-state index in [-0.39, 0.29) is 5.41 Å². The van der Waals surface area contributed by atoms with E-state index in [4.69, 9.17) is 21.3 Å². The Labute approximate surface area is 170 Å². The standard InChI is InChI=1S/C22H25ClN4O/c1-22(2,3)21-24-11-16-13-27(8-7-19(16)26-21)12-15-9-14-10-17(28-4)5-6-18(14)25-20(15)23/h5-6,9-11H,7-8,12-13H2,1-4H3. The second-order valence-corrected chi connectivity index (χ2v) is 8.73. The lowest BCUT2D eigenvalue weighted by Gasteiger charge is -2.29. The normalized spacial score (nSPS) is 14.9. The average Bonchev–Trinajstić information content (AvgIpc) is 2.67. The molecule has 5 nitrogen and oxygen atoms in total. The Morgan fingerprint density at radius 3 is 2.75 bits per heavy atom. The van der Waals surface area contributed by atoms with E-state index >= 15 is 0 Å². The third-order valence-electron chi connectivity index (χ3n) is 5.13. The second kappa shape index (κ2) is 7.30. The first-order chi connectivity index (χ1) is 13.3. The van der Waals surface area contributed by atoms with E-state index in [0.717, 1.165) is 54.1 Å². The number of methoxy groups -OCH3 is 1. The molecule has 0 bridgehead atoms. The molecule has 3 aromatic rings. The zero-order valence-corrected chi connectivity index (χ0v) is 17.5. The summed E-state index contributed by atoms with van der Waals surface area (Å²) in [7, 11) is 1.67. The maximum Gasteiger partial charge on any atom is 0.134 e. The molecule has 0 fully saturated rings. The van der Waals surface area contributed by atoms with E-state index in [2.05, 4.69) is 41.7 Å². The molecule has 0 spiro atoms. The van der Waals surface area contributed by atoms with E-state index in [9.17, 15) is 0 Å². The smallest absolute Gasteiger partial charge is 0.134 e. The van der Waals surface area contributed by atoms with E-state index in [1.807, 2.05) is 24.4 Å². The molecule has 28 heavy (non-hydrogen) atoms. The highest BCUT2D eigenvalue weighted by atomic mass is 35.5. The Kier molecular flexibility index (Phi) is 4.98. The lowest BCUT2D eigenvalue weighted by molar-refractivity contribution is 0.242. The Balaban J connectivity index is 1.56. The van der Waals surface area contributed by atoms with E-state index in [1.165, 1.54) is 11.3 Å². The zero-order valence-electron chi connectivity index (χ0n) is 16.8. The van der Waals surface area contributed by atoms with Crippen LogP contribution in [0.3, 0.4) is 0 Å². The summed E-state index contributed by atoms with van der Waals surface area (Å²) in [6, 6.07) is 7.95. The molecule has 0 atom stereocenters. The molecule has 2 aromatic heterocycles. The first-order valence-corrected chi connectivity index (χ1v) is 9.92. The molecular formula is C22H25ClN4O. The lowest BCUT2D eigenvalue weighted by Crippen LogP contribution is -2.32. The van der Waals surface area contributed by atoms with Gasteiger partial charge in [-0.25, -0.2) is 15.0 Å². The summed E-state index contributed by atoms with van der Waals surface area (Å²) in [5, 5.41) is 1.59. The minimum Gasteiger partial charge on any atom is -0.497 e. The third kappa shape index (κ3) is 3.82. The van der Waals surface area contributed by atoms with Crippen molar-refractivity contribution < 1.29 is 4.74 Å². The number of hydrogen-bond donors (Lipinski definition) is 0. The number of rotatable bonds is 3. The Morgan fingerprint density at radius 2 is 2.00 bits per heavy atom. The van der Waals surface area contributed by atoms with Gasteiger partial charge in [0.2, 0.25) is 0 Å². The predicted molar refractivity (Wildman–Crippen MR) is 112 cm³/mol. The topological polar surface area (TPSA) is 51.1 Å². The molecule has 6 heteroatoms. The SMILES string of the molecule is COc1ccc2nc(Cl)c(CN3CCc4nc(C(C)(C)C)ncc4C3)cc2c1. The van der Waals surface area contributed by atoms with Gasteiger partial charge in [-0.3, -0.25) is 4.90 Å². The van der Waals surface area contributed by atoms with Gasteiger partial charge in [0.05, 0.1) is 12.6 Å². The minimum absolute atomic E-state index is 0.0302. The molecule has 4 rings (SSSR count). The van der Waals surface area contributed by atoms with Crippen LogP contribution in [0.4, 0.5) is 0 Å². The molecule has 0 saturated carbocycles. The molecule has 1 aliphatic rings. The Morgan fingerprint density at radius 1 is 1.18 bits per heavy atom. The number of pyridine rings is 1. The summed E-state index contributed by atoms with van der Waals surface area (Å²) in [5.41, 5.74) is 4.24. The van der Waals surface area contributed by atoms with Crippen LogP contribution in [-0.2, 0) is 24.9 Å². The highest BCUT2D eigenvalue weighted by Gasteiger charge is 2.23.